The van der Waals surface area contributed by atoms with Crippen molar-refractivity contribution in [1.29, 1.82) is 5.26 Å². The Morgan fingerprint density at radius 1 is 1.50 bits per heavy atom. The predicted molar refractivity (Wildman–Crippen MR) is 68.6 cm³/mol. The van der Waals surface area contributed by atoms with Crippen molar-refractivity contribution in [2.45, 2.75) is 13.5 Å². The molecule has 0 unspecified atom stereocenters. The second-order valence-electron chi connectivity index (χ2n) is 4.21. The Hall–Kier alpha value is -1.93. The van der Waals surface area contributed by atoms with Gasteiger partial charge in [0.1, 0.15) is 11.8 Å². The van der Waals surface area contributed by atoms with E-state index in [-0.39, 0.29) is 5.91 Å². The number of pyridine rings is 1. The molecule has 1 aromatic rings. The lowest BCUT2D eigenvalue weighted by atomic mass is 10.2. The van der Waals surface area contributed by atoms with Gasteiger partial charge in [-0.2, -0.15) is 5.26 Å². The maximum Gasteiger partial charge on any atom is 0.236 e. The van der Waals surface area contributed by atoms with Gasteiger partial charge in [0, 0.05) is 32.4 Å². The molecule has 0 aliphatic heterocycles. The van der Waals surface area contributed by atoms with Gasteiger partial charge >= 0.3 is 0 Å². The zero-order valence-electron chi connectivity index (χ0n) is 11.1. The van der Waals surface area contributed by atoms with Gasteiger partial charge in [0.15, 0.2) is 0 Å². The molecule has 0 aliphatic carbocycles. The Balaban J connectivity index is 2.74. The van der Waals surface area contributed by atoms with E-state index in [4.69, 9.17) is 5.26 Å². The summed E-state index contributed by atoms with van der Waals surface area (Å²) in [6, 6.07) is 5.74. The van der Waals surface area contributed by atoms with Crippen LogP contribution in [0.1, 0.15) is 18.2 Å². The van der Waals surface area contributed by atoms with Gasteiger partial charge in [0.2, 0.25) is 5.91 Å². The lowest BCUT2D eigenvalue weighted by molar-refractivity contribution is -0.130. The lowest BCUT2D eigenvalue weighted by Gasteiger charge is -2.22. The van der Waals surface area contributed by atoms with Gasteiger partial charge in [0.05, 0.1) is 6.54 Å². The molecule has 0 bridgehead atoms. The van der Waals surface area contributed by atoms with Crippen molar-refractivity contribution in [3.05, 3.63) is 29.6 Å². The zero-order valence-corrected chi connectivity index (χ0v) is 11.1. The summed E-state index contributed by atoms with van der Waals surface area (Å²) in [6.45, 7) is 3.65. The van der Waals surface area contributed by atoms with E-state index in [0.717, 1.165) is 12.1 Å². The van der Waals surface area contributed by atoms with E-state index in [1.807, 2.05) is 17.9 Å². The summed E-state index contributed by atoms with van der Waals surface area (Å²) in [5, 5.41) is 8.97. The maximum absolute atomic E-state index is 11.7. The van der Waals surface area contributed by atoms with Gasteiger partial charge in [0.25, 0.3) is 0 Å². The van der Waals surface area contributed by atoms with E-state index in [9.17, 15) is 4.79 Å². The SMILES string of the molecule is CCN(CC(=O)N(C)C)Cc1cccnc1C#N. The summed E-state index contributed by atoms with van der Waals surface area (Å²) in [4.78, 5) is 19.2. The maximum atomic E-state index is 11.7. The fourth-order valence-electron chi connectivity index (χ4n) is 1.52. The lowest BCUT2D eigenvalue weighted by Crippen LogP contribution is -2.36. The standard InChI is InChI=1S/C13H18N4O/c1-4-17(10-13(18)16(2)3)9-11-6-5-7-15-12(11)8-14/h5-7H,4,9-10H2,1-3H3. The van der Waals surface area contributed by atoms with Crippen LogP contribution < -0.4 is 0 Å². The summed E-state index contributed by atoms with van der Waals surface area (Å²) in [5.41, 5.74) is 1.28. The molecule has 0 fully saturated rings. The summed E-state index contributed by atoms with van der Waals surface area (Å²) >= 11 is 0. The highest BCUT2D eigenvalue weighted by atomic mass is 16.2. The van der Waals surface area contributed by atoms with E-state index in [0.29, 0.717) is 18.8 Å². The second kappa shape index (κ2) is 6.72. The highest BCUT2D eigenvalue weighted by Gasteiger charge is 2.13. The fraction of sp³-hybridized carbons (Fsp3) is 0.462. The number of amides is 1. The van der Waals surface area contributed by atoms with E-state index in [1.165, 1.54) is 0 Å². The first-order valence-electron chi connectivity index (χ1n) is 5.85. The van der Waals surface area contributed by atoms with Gasteiger partial charge in [-0.1, -0.05) is 13.0 Å². The third-order valence-corrected chi connectivity index (χ3v) is 2.70. The van der Waals surface area contributed by atoms with E-state index in [2.05, 4.69) is 11.1 Å². The van der Waals surface area contributed by atoms with E-state index < -0.39 is 0 Å². The monoisotopic (exact) mass is 246 g/mol. The van der Waals surface area contributed by atoms with Gasteiger partial charge < -0.3 is 4.90 Å². The van der Waals surface area contributed by atoms with Crippen LogP contribution in [0.2, 0.25) is 0 Å². The van der Waals surface area contributed by atoms with Crippen molar-refractivity contribution in [2.75, 3.05) is 27.2 Å². The van der Waals surface area contributed by atoms with Crippen LogP contribution in [0.25, 0.3) is 0 Å². The first-order valence-corrected chi connectivity index (χ1v) is 5.85. The summed E-state index contributed by atoms with van der Waals surface area (Å²) in [5.74, 6) is 0.0549. The molecular weight excluding hydrogens is 228 g/mol. The number of nitriles is 1. The summed E-state index contributed by atoms with van der Waals surface area (Å²) < 4.78 is 0. The fourth-order valence-corrected chi connectivity index (χ4v) is 1.52. The third-order valence-electron chi connectivity index (χ3n) is 2.70. The molecule has 96 valence electrons. The number of aromatic nitrogens is 1. The van der Waals surface area contributed by atoms with Crippen molar-refractivity contribution in [3.63, 3.8) is 0 Å². The molecule has 1 rings (SSSR count). The minimum absolute atomic E-state index is 0.0549. The minimum atomic E-state index is 0.0549. The number of carbonyl (C=O) groups is 1. The Morgan fingerprint density at radius 2 is 2.22 bits per heavy atom. The van der Waals surface area contributed by atoms with Crippen molar-refractivity contribution >= 4 is 5.91 Å². The molecule has 0 spiro atoms. The molecule has 0 atom stereocenters. The number of hydrogen-bond donors (Lipinski definition) is 0. The molecule has 0 saturated heterocycles. The van der Waals surface area contributed by atoms with Crippen LogP contribution in [-0.4, -0.2) is 47.9 Å². The van der Waals surface area contributed by atoms with Gasteiger partial charge in [-0.05, 0) is 12.6 Å². The average Bonchev–Trinajstić information content (AvgIpc) is 2.38. The highest BCUT2D eigenvalue weighted by Crippen LogP contribution is 2.08. The first-order chi connectivity index (χ1) is 8.58. The summed E-state index contributed by atoms with van der Waals surface area (Å²) in [7, 11) is 3.47. The molecule has 0 radical (unpaired) electrons. The Bertz CT molecular complexity index is 451. The smallest absolute Gasteiger partial charge is 0.236 e. The molecule has 18 heavy (non-hydrogen) atoms. The number of rotatable bonds is 5. The molecule has 0 aromatic carbocycles. The van der Waals surface area contributed by atoms with Crippen LogP contribution in [0.5, 0.6) is 0 Å². The average molecular weight is 246 g/mol. The van der Waals surface area contributed by atoms with Crippen molar-refractivity contribution in [2.24, 2.45) is 0 Å². The molecule has 1 aromatic heterocycles. The Kier molecular flexibility index (Phi) is 5.28. The van der Waals surface area contributed by atoms with Crippen LogP contribution >= 0.6 is 0 Å². The van der Waals surface area contributed by atoms with Gasteiger partial charge in [-0.25, -0.2) is 4.98 Å². The quantitative estimate of drug-likeness (QED) is 0.773. The number of likely N-dealkylation sites (N-methyl/N-ethyl adjacent to an activating group) is 2. The van der Waals surface area contributed by atoms with Crippen LogP contribution in [0.15, 0.2) is 18.3 Å². The Labute approximate surface area is 108 Å². The molecule has 5 nitrogen and oxygen atoms in total. The molecule has 1 amide bonds. The summed E-state index contributed by atoms with van der Waals surface area (Å²) in [6.07, 6.45) is 1.60. The van der Waals surface area contributed by atoms with Gasteiger partial charge in [-0.15, -0.1) is 0 Å². The Morgan fingerprint density at radius 3 is 2.78 bits per heavy atom. The molecule has 1 heterocycles. The first kappa shape index (κ1) is 14.1. The van der Waals surface area contributed by atoms with Crippen LogP contribution in [0.4, 0.5) is 0 Å². The molecule has 0 N–H and O–H groups in total. The molecule has 5 heteroatoms. The second-order valence-corrected chi connectivity index (χ2v) is 4.21. The van der Waals surface area contributed by atoms with Crippen molar-refractivity contribution < 1.29 is 4.79 Å². The van der Waals surface area contributed by atoms with E-state index >= 15 is 0 Å². The van der Waals surface area contributed by atoms with Crippen LogP contribution in [0.3, 0.4) is 0 Å². The minimum Gasteiger partial charge on any atom is -0.348 e. The van der Waals surface area contributed by atoms with Crippen molar-refractivity contribution in [3.8, 4) is 6.07 Å². The number of carbonyl (C=O) groups excluding carboxylic acids is 1. The number of hydrogen-bond acceptors (Lipinski definition) is 4. The largest absolute Gasteiger partial charge is 0.348 e. The topological polar surface area (TPSA) is 60.2 Å². The normalized spacial score (nSPS) is 10.2. The third kappa shape index (κ3) is 3.82. The van der Waals surface area contributed by atoms with E-state index in [1.54, 1.807) is 31.3 Å². The molecule has 0 aliphatic rings. The van der Waals surface area contributed by atoms with Crippen molar-refractivity contribution in [1.82, 2.24) is 14.8 Å². The number of nitrogens with zero attached hydrogens (tertiary/aromatic N) is 4. The molecule has 0 saturated carbocycles. The highest BCUT2D eigenvalue weighted by molar-refractivity contribution is 5.77. The van der Waals surface area contributed by atoms with Crippen LogP contribution in [0, 0.1) is 11.3 Å². The predicted octanol–water partition coefficient (Wildman–Crippen LogP) is 0.863. The van der Waals surface area contributed by atoms with Gasteiger partial charge in [-0.3, -0.25) is 9.69 Å². The van der Waals surface area contributed by atoms with Crippen LogP contribution in [-0.2, 0) is 11.3 Å². The zero-order chi connectivity index (χ0) is 13.5. The molecular formula is C13H18N4O.